The van der Waals surface area contributed by atoms with Gasteiger partial charge in [0.1, 0.15) is 23.4 Å². The van der Waals surface area contributed by atoms with Crippen molar-refractivity contribution in [1.82, 2.24) is 10.2 Å². The Balaban J connectivity index is 1.76. The van der Waals surface area contributed by atoms with Gasteiger partial charge in [-0.3, -0.25) is 14.5 Å². The number of amides is 1. The lowest BCUT2D eigenvalue weighted by atomic mass is 9.98. The summed E-state index contributed by atoms with van der Waals surface area (Å²) in [5, 5.41) is 8.98. The summed E-state index contributed by atoms with van der Waals surface area (Å²) in [4.78, 5) is 28.3. The lowest BCUT2D eigenvalue weighted by Gasteiger charge is -2.22. The van der Waals surface area contributed by atoms with Crippen molar-refractivity contribution in [2.24, 2.45) is 0 Å². The molecule has 0 spiro atoms. The second-order valence-corrected chi connectivity index (χ2v) is 8.03. The van der Waals surface area contributed by atoms with E-state index < -0.39 is 11.9 Å². The molecule has 7 nitrogen and oxygen atoms in total. The third kappa shape index (κ3) is 3.20. The minimum atomic E-state index is -0.748. The lowest BCUT2D eigenvalue weighted by Crippen LogP contribution is -2.29. The number of hydrogen-bond acceptors (Lipinski definition) is 7. The van der Waals surface area contributed by atoms with Crippen LogP contribution >= 0.6 is 22.9 Å². The molecule has 0 N–H and O–H groups in total. The number of carbonyl (C=O) groups is 1. The van der Waals surface area contributed by atoms with Gasteiger partial charge >= 0.3 is 0 Å². The standard InChI is InChI=1S/C22H14ClN3O4S/c1-2-8-29-14-5-3-4-12(9-14)18-17-19(27)15-10-13(23)6-7-16(15)30-20(17)21(28)26(18)22-25-24-11-31-22/h2-7,9-11,18H,1,8H2/t18-/m1/s1. The molecule has 5 rings (SSSR count). The zero-order chi connectivity index (χ0) is 21.5. The van der Waals surface area contributed by atoms with Gasteiger partial charge in [0.25, 0.3) is 5.91 Å². The molecular weight excluding hydrogens is 438 g/mol. The largest absolute Gasteiger partial charge is 0.490 e. The van der Waals surface area contributed by atoms with Crippen molar-refractivity contribution in [2.45, 2.75) is 6.04 Å². The molecule has 1 atom stereocenters. The first kappa shape index (κ1) is 19.5. The molecule has 2 aromatic heterocycles. The summed E-state index contributed by atoms with van der Waals surface area (Å²) in [7, 11) is 0. The van der Waals surface area contributed by atoms with Crippen LogP contribution in [0.1, 0.15) is 27.7 Å². The number of carbonyl (C=O) groups excluding carboxylic acids is 1. The van der Waals surface area contributed by atoms with Gasteiger partial charge in [0.05, 0.1) is 17.0 Å². The first-order valence-corrected chi connectivity index (χ1v) is 10.5. The second kappa shape index (κ2) is 7.64. The van der Waals surface area contributed by atoms with Crippen LogP contribution in [0.4, 0.5) is 5.13 Å². The van der Waals surface area contributed by atoms with E-state index in [1.807, 2.05) is 6.07 Å². The van der Waals surface area contributed by atoms with Gasteiger partial charge in [-0.1, -0.05) is 47.7 Å². The molecule has 9 heteroatoms. The molecule has 1 aliphatic heterocycles. The molecule has 2 aromatic carbocycles. The van der Waals surface area contributed by atoms with Crippen molar-refractivity contribution in [3.63, 3.8) is 0 Å². The Labute approximate surface area is 185 Å². The van der Waals surface area contributed by atoms with Crippen molar-refractivity contribution in [2.75, 3.05) is 11.5 Å². The van der Waals surface area contributed by atoms with Crippen LogP contribution in [0.2, 0.25) is 5.02 Å². The summed E-state index contributed by atoms with van der Waals surface area (Å²) in [6.45, 7) is 3.98. The van der Waals surface area contributed by atoms with Crippen LogP contribution in [0.3, 0.4) is 0 Å². The number of anilines is 1. The van der Waals surface area contributed by atoms with Gasteiger partial charge in [0, 0.05) is 5.02 Å². The highest BCUT2D eigenvalue weighted by Gasteiger charge is 2.45. The smallest absolute Gasteiger partial charge is 0.297 e. The Morgan fingerprint density at radius 3 is 2.90 bits per heavy atom. The van der Waals surface area contributed by atoms with Crippen LogP contribution in [0.25, 0.3) is 11.0 Å². The third-order valence-corrected chi connectivity index (χ3v) is 5.85. The molecule has 0 saturated carbocycles. The maximum Gasteiger partial charge on any atom is 0.297 e. The minimum absolute atomic E-state index is 0.0163. The molecule has 0 radical (unpaired) electrons. The predicted octanol–water partition coefficient (Wildman–Crippen LogP) is 4.61. The number of nitrogens with zero attached hydrogens (tertiary/aromatic N) is 3. The van der Waals surface area contributed by atoms with E-state index in [1.54, 1.807) is 42.5 Å². The van der Waals surface area contributed by atoms with E-state index in [4.69, 9.17) is 20.8 Å². The van der Waals surface area contributed by atoms with E-state index >= 15 is 0 Å². The van der Waals surface area contributed by atoms with E-state index in [2.05, 4.69) is 16.8 Å². The number of halogens is 1. The average molecular weight is 452 g/mol. The van der Waals surface area contributed by atoms with Crippen LogP contribution in [-0.2, 0) is 0 Å². The maximum atomic E-state index is 13.5. The van der Waals surface area contributed by atoms with Gasteiger partial charge in [-0.15, -0.1) is 10.2 Å². The monoisotopic (exact) mass is 451 g/mol. The van der Waals surface area contributed by atoms with E-state index in [0.717, 1.165) is 0 Å². The minimum Gasteiger partial charge on any atom is -0.490 e. The first-order valence-electron chi connectivity index (χ1n) is 9.28. The molecule has 31 heavy (non-hydrogen) atoms. The summed E-state index contributed by atoms with van der Waals surface area (Å²) in [6, 6.07) is 11.2. The van der Waals surface area contributed by atoms with Crippen LogP contribution in [0.5, 0.6) is 5.75 Å². The van der Waals surface area contributed by atoms with Gasteiger partial charge in [-0.25, -0.2) is 0 Å². The fourth-order valence-electron chi connectivity index (χ4n) is 3.66. The van der Waals surface area contributed by atoms with Crippen LogP contribution in [-0.4, -0.2) is 22.7 Å². The number of rotatable bonds is 5. The number of ether oxygens (including phenoxy) is 1. The molecule has 4 aromatic rings. The highest BCUT2D eigenvalue weighted by atomic mass is 35.5. The van der Waals surface area contributed by atoms with Gasteiger partial charge in [-0.2, -0.15) is 0 Å². The average Bonchev–Trinajstić information content (AvgIpc) is 3.40. The molecule has 0 saturated heterocycles. The van der Waals surface area contributed by atoms with Crippen LogP contribution in [0, 0.1) is 0 Å². The molecule has 0 aliphatic carbocycles. The van der Waals surface area contributed by atoms with Crippen molar-refractivity contribution in [3.05, 3.63) is 92.8 Å². The summed E-state index contributed by atoms with van der Waals surface area (Å²) in [5.74, 6) is 0.115. The summed E-state index contributed by atoms with van der Waals surface area (Å²) in [5.41, 5.74) is 2.41. The summed E-state index contributed by atoms with van der Waals surface area (Å²) >= 11 is 7.30. The molecular formula is C22H14ClN3O4S. The van der Waals surface area contributed by atoms with Gasteiger partial charge in [0.2, 0.25) is 10.9 Å². The Morgan fingerprint density at radius 1 is 1.26 bits per heavy atom. The number of fused-ring (bicyclic) bond motifs is 2. The maximum absolute atomic E-state index is 13.5. The topological polar surface area (TPSA) is 85.5 Å². The van der Waals surface area contributed by atoms with Crippen molar-refractivity contribution >= 4 is 44.9 Å². The second-order valence-electron chi connectivity index (χ2n) is 6.79. The van der Waals surface area contributed by atoms with Crippen LogP contribution in [0.15, 0.2) is 69.8 Å². The van der Waals surface area contributed by atoms with E-state index in [9.17, 15) is 9.59 Å². The molecule has 0 fully saturated rings. The van der Waals surface area contributed by atoms with E-state index in [1.165, 1.54) is 21.7 Å². The third-order valence-electron chi connectivity index (χ3n) is 4.93. The van der Waals surface area contributed by atoms with E-state index in [0.29, 0.717) is 39.0 Å². The quantitative estimate of drug-likeness (QED) is 0.412. The SMILES string of the molecule is C=CCOc1cccc([C@@H]2c3c(oc4ccc(Cl)cc4c3=O)C(=O)N2c2nncs2)c1. The molecule has 1 amide bonds. The molecule has 0 bridgehead atoms. The number of benzene rings is 2. The van der Waals surface area contributed by atoms with E-state index in [-0.39, 0.29) is 16.8 Å². The Bertz CT molecular complexity index is 1380. The van der Waals surface area contributed by atoms with Crippen LogP contribution < -0.4 is 15.1 Å². The summed E-state index contributed by atoms with van der Waals surface area (Å²) < 4.78 is 11.5. The van der Waals surface area contributed by atoms with Gasteiger partial charge < -0.3 is 9.15 Å². The van der Waals surface area contributed by atoms with Gasteiger partial charge in [-0.05, 0) is 35.9 Å². The molecule has 3 heterocycles. The fraction of sp³-hybridized carbons (Fsp3) is 0.0909. The van der Waals surface area contributed by atoms with Crippen molar-refractivity contribution in [1.29, 1.82) is 0 Å². The zero-order valence-electron chi connectivity index (χ0n) is 15.9. The number of hydrogen-bond donors (Lipinski definition) is 0. The Morgan fingerprint density at radius 2 is 2.13 bits per heavy atom. The normalized spacial score (nSPS) is 15.3. The summed E-state index contributed by atoms with van der Waals surface area (Å²) in [6.07, 6.45) is 1.64. The Hall–Kier alpha value is -3.49. The fourth-order valence-corrected chi connectivity index (χ4v) is 4.42. The first-order chi connectivity index (χ1) is 15.1. The highest BCUT2D eigenvalue weighted by Crippen LogP contribution is 2.42. The molecule has 0 unspecified atom stereocenters. The van der Waals surface area contributed by atoms with Crippen molar-refractivity contribution in [3.8, 4) is 5.75 Å². The zero-order valence-corrected chi connectivity index (χ0v) is 17.5. The number of aromatic nitrogens is 2. The lowest BCUT2D eigenvalue weighted by molar-refractivity contribution is 0.0970. The highest BCUT2D eigenvalue weighted by molar-refractivity contribution is 7.13. The molecule has 1 aliphatic rings. The molecule has 154 valence electrons. The van der Waals surface area contributed by atoms with Gasteiger partial charge in [0.15, 0.2) is 5.43 Å². The predicted molar refractivity (Wildman–Crippen MR) is 118 cm³/mol. The van der Waals surface area contributed by atoms with Crippen molar-refractivity contribution < 1.29 is 13.9 Å². The Kier molecular flexibility index (Phi) is 4.80.